The van der Waals surface area contributed by atoms with Gasteiger partial charge in [0.05, 0.1) is 5.69 Å². The molecular formula is C20H17F2N. The zero-order valence-electron chi connectivity index (χ0n) is 13.1. The van der Waals surface area contributed by atoms with Gasteiger partial charge in [0.15, 0.2) is 0 Å². The molecule has 0 saturated carbocycles. The second-order valence-electron chi connectivity index (χ2n) is 5.52. The van der Waals surface area contributed by atoms with Gasteiger partial charge in [-0.05, 0) is 53.9 Å². The smallest absolute Gasteiger partial charge is 0.147 e. The van der Waals surface area contributed by atoms with Crippen LogP contribution in [0.1, 0.15) is 5.56 Å². The second kappa shape index (κ2) is 6.21. The van der Waals surface area contributed by atoms with Crippen LogP contribution in [0, 0.1) is 18.6 Å². The lowest BCUT2D eigenvalue weighted by Gasteiger charge is -2.20. The van der Waals surface area contributed by atoms with Gasteiger partial charge in [-0.1, -0.05) is 36.4 Å². The van der Waals surface area contributed by atoms with Gasteiger partial charge in [0, 0.05) is 12.7 Å². The van der Waals surface area contributed by atoms with E-state index in [9.17, 15) is 8.78 Å². The Bertz CT molecular complexity index is 828. The minimum Gasteiger partial charge on any atom is -0.342 e. The summed E-state index contributed by atoms with van der Waals surface area (Å²) in [4.78, 5) is 1.79. The Labute approximate surface area is 134 Å². The molecule has 0 saturated heterocycles. The Kier molecular flexibility index (Phi) is 4.11. The van der Waals surface area contributed by atoms with E-state index < -0.39 is 0 Å². The third-order valence-corrected chi connectivity index (χ3v) is 3.96. The summed E-state index contributed by atoms with van der Waals surface area (Å²) < 4.78 is 28.2. The van der Waals surface area contributed by atoms with Gasteiger partial charge >= 0.3 is 0 Å². The van der Waals surface area contributed by atoms with Gasteiger partial charge in [-0.25, -0.2) is 8.78 Å². The summed E-state index contributed by atoms with van der Waals surface area (Å²) in [5, 5.41) is 0. The quantitative estimate of drug-likeness (QED) is 0.599. The number of anilines is 2. The molecule has 0 bridgehead atoms. The van der Waals surface area contributed by atoms with Gasteiger partial charge < -0.3 is 4.90 Å². The summed E-state index contributed by atoms with van der Waals surface area (Å²) in [7, 11) is 1.82. The first kappa shape index (κ1) is 15.2. The molecule has 0 unspecified atom stereocenters. The average molecular weight is 309 g/mol. The van der Waals surface area contributed by atoms with E-state index in [4.69, 9.17) is 0 Å². The van der Waals surface area contributed by atoms with E-state index in [0.29, 0.717) is 22.4 Å². The van der Waals surface area contributed by atoms with E-state index in [1.807, 2.05) is 43.4 Å². The zero-order valence-corrected chi connectivity index (χ0v) is 13.1. The van der Waals surface area contributed by atoms with Crippen LogP contribution in [0.4, 0.5) is 20.2 Å². The molecule has 0 spiro atoms. The number of aryl methyl sites for hydroxylation is 1. The largest absolute Gasteiger partial charge is 0.342 e. The van der Waals surface area contributed by atoms with Crippen molar-refractivity contribution >= 4 is 11.4 Å². The van der Waals surface area contributed by atoms with Crippen molar-refractivity contribution in [2.24, 2.45) is 0 Å². The molecule has 0 N–H and O–H groups in total. The molecule has 23 heavy (non-hydrogen) atoms. The molecule has 0 aliphatic carbocycles. The zero-order chi connectivity index (χ0) is 16.4. The van der Waals surface area contributed by atoms with Gasteiger partial charge in [0.2, 0.25) is 0 Å². The van der Waals surface area contributed by atoms with Gasteiger partial charge in [-0.3, -0.25) is 0 Å². The summed E-state index contributed by atoms with van der Waals surface area (Å²) >= 11 is 0. The highest BCUT2D eigenvalue weighted by Gasteiger charge is 2.11. The van der Waals surface area contributed by atoms with Gasteiger partial charge in [0.25, 0.3) is 0 Å². The molecule has 1 nitrogen and oxygen atoms in total. The van der Waals surface area contributed by atoms with E-state index in [0.717, 1.165) is 5.69 Å². The summed E-state index contributed by atoms with van der Waals surface area (Å²) in [6, 6.07) is 19.5. The molecule has 3 aromatic rings. The minimum absolute atomic E-state index is 0.284. The number of halogens is 2. The number of hydrogen-bond acceptors (Lipinski definition) is 1. The molecule has 0 heterocycles. The predicted octanol–water partition coefficient (Wildman–Crippen LogP) is 5.71. The molecule has 0 amide bonds. The molecule has 3 aromatic carbocycles. The van der Waals surface area contributed by atoms with Crippen LogP contribution in [0.15, 0.2) is 66.7 Å². The van der Waals surface area contributed by atoms with Crippen molar-refractivity contribution in [1.82, 2.24) is 0 Å². The Morgan fingerprint density at radius 1 is 0.739 bits per heavy atom. The summed E-state index contributed by atoms with van der Waals surface area (Å²) in [6.45, 7) is 1.71. The highest BCUT2D eigenvalue weighted by Crippen LogP contribution is 2.30. The molecule has 0 aromatic heterocycles. The third-order valence-electron chi connectivity index (χ3n) is 3.96. The van der Waals surface area contributed by atoms with Crippen LogP contribution >= 0.6 is 0 Å². The molecule has 0 aliphatic rings. The monoisotopic (exact) mass is 309 g/mol. The maximum atomic E-state index is 14.5. The van der Waals surface area contributed by atoms with E-state index >= 15 is 0 Å². The normalized spacial score (nSPS) is 10.6. The summed E-state index contributed by atoms with van der Waals surface area (Å²) in [5.41, 5.74) is 3.29. The summed E-state index contributed by atoms with van der Waals surface area (Å²) in [5.74, 6) is -0.622. The summed E-state index contributed by atoms with van der Waals surface area (Å²) in [6.07, 6.45) is 0. The van der Waals surface area contributed by atoms with Crippen LogP contribution in [0.5, 0.6) is 0 Å². The van der Waals surface area contributed by atoms with Crippen molar-refractivity contribution in [1.29, 1.82) is 0 Å². The first-order valence-electron chi connectivity index (χ1n) is 7.41. The SMILES string of the molecule is Cc1ccc(-c2ccc(N(C)c3ccccc3)c(F)c2)cc1F. The molecule has 0 fully saturated rings. The van der Waals surface area contributed by atoms with Crippen molar-refractivity contribution in [3.8, 4) is 11.1 Å². The van der Waals surface area contributed by atoms with Gasteiger partial charge in [-0.2, -0.15) is 0 Å². The lowest BCUT2D eigenvalue weighted by atomic mass is 10.0. The number of rotatable bonds is 3. The fourth-order valence-electron chi connectivity index (χ4n) is 2.52. The highest BCUT2D eigenvalue weighted by atomic mass is 19.1. The number of para-hydroxylation sites is 1. The second-order valence-corrected chi connectivity index (χ2v) is 5.52. The Balaban J connectivity index is 1.96. The Hall–Kier alpha value is -2.68. The maximum absolute atomic E-state index is 14.5. The van der Waals surface area contributed by atoms with Crippen LogP contribution in [0.25, 0.3) is 11.1 Å². The third kappa shape index (κ3) is 3.09. The van der Waals surface area contributed by atoms with Gasteiger partial charge in [-0.15, -0.1) is 0 Å². The van der Waals surface area contributed by atoms with Crippen LogP contribution in [-0.4, -0.2) is 7.05 Å². The fraction of sp³-hybridized carbons (Fsp3) is 0.100. The molecule has 0 aliphatic heterocycles. The first-order chi connectivity index (χ1) is 11.1. The van der Waals surface area contributed by atoms with Crippen molar-refractivity contribution in [3.63, 3.8) is 0 Å². The maximum Gasteiger partial charge on any atom is 0.147 e. The van der Waals surface area contributed by atoms with E-state index in [1.54, 1.807) is 30.0 Å². The topological polar surface area (TPSA) is 3.24 Å². The molecule has 3 rings (SSSR count). The van der Waals surface area contributed by atoms with Gasteiger partial charge in [0.1, 0.15) is 11.6 Å². The van der Waals surface area contributed by atoms with Crippen LogP contribution in [-0.2, 0) is 0 Å². The van der Waals surface area contributed by atoms with Crippen LogP contribution in [0.2, 0.25) is 0 Å². The van der Waals surface area contributed by atoms with Crippen molar-refractivity contribution in [2.75, 3.05) is 11.9 Å². The number of nitrogens with zero attached hydrogens (tertiary/aromatic N) is 1. The predicted molar refractivity (Wildman–Crippen MR) is 91.0 cm³/mol. The van der Waals surface area contributed by atoms with Crippen molar-refractivity contribution in [2.45, 2.75) is 6.92 Å². The standard InChI is InChI=1S/C20H17F2N/c1-14-8-9-15(12-18(14)21)16-10-11-20(19(22)13-16)23(2)17-6-4-3-5-7-17/h3-13H,1-2H3. The van der Waals surface area contributed by atoms with Crippen molar-refractivity contribution < 1.29 is 8.78 Å². The van der Waals surface area contributed by atoms with Crippen LogP contribution < -0.4 is 4.90 Å². The fourth-order valence-corrected chi connectivity index (χ4v) is 2.52. The Morgan fingerprint density at radius 3 is 1.96 bits per heavy atom. The molecule has 116 valence electrons. The number of hydrogen-bond donors (Lipinski definition) is 0. The number of benzene rings is 3. The molecular weight excluding hydrogens is 292 g/mol. The molecule has 0 radical (unpaired) electrons. The molecule has 0 atom stereocenters. The Morgan fingerprint density at radius 2 is 1.35 bits per heavy atom. The van der Waals surface area contributed by atoms with Crippen molar-refractivity contribution in [3.05, 3.63) is 83.9 Å². The van der Waals surface area contributed by atoms with E-state index in [1.165, 1.54) is 12.1 Å². The van der Waals surface area contributed by atoms with Crippen LogP contribution in [0.3, 0.4) is 0 Å². The molecule has 3 heteroatoms. The average Bonchev–Trinajstić information content (AvgIpc) is 2.57. The lowest BCUT2D eigenvalue weighted by molar-refractivity contribution is 0.618. The minimum atomic E-state index is -0.338. The highest BCUT2D eigenvalue weighted by molar-refractivity contribution is 5.70. The lowest BCUT2D eigenvalue weighted by Crippen LogP contribution is -2.11. The first-order valence-corrected chi connectivity index (χ1v) is 7.41. The van der Waals surface area contributed by atoms with E-state index in [-0.39, 0.29) is 11.6 Å². The van der Waals surface area contributed by atoms with E-state index in [2.05, 4.69) is 0 Å².